The van der Waals surface area contributed by atoms with Gasteiger partial charge in [0.25, 0.3) is 5.91 Å². The molecule has 0 saturated heterocycles. The molecule has 180 valence electrons. The summed E-state index contributed by atoms with van der Waals surface area (Å²) < 4.78 is 31.4. The lowest BCUT2D eigenvalue weighted by molar-refractivity contribution is -0.106. The summed E-state index contributed by atoms with van der Waals surface area (Å²) in [5.74, 6) is 1.40. The van der Waals surface area contributed by atoms with Crippen LogP contribution in [0, 0.1) is 17.3 Å². The van der Waals surface area contributed by atoms with E-state index in [-0.39, 0.29) is 22.6 Å². The summed E-state index contributed by atoms with van der Waals surface area (Å²) in [6, 6.07) is 13.3. The molecule has 6 rings (SSSR count). The quantitative estimate of drug-likeness (QED) is 0.374. The molecule has 0 aliphatic heterocycles. The van der Waals surface area contributed by atoms with Crippen LogP contribution in [0.2, 0.25) is 0 Å². The average Bonchev–Trinajstić information content (AvgIpc) is 3.23. The highest BCUT2D eigenvalue weighted by Gasteiger charge is 2.54. The van der Waals surface area contributed by atoms with Crippen LogP contribution in [-0.4, -0.2) is 26.7 Å². The van der Waals surface area contributed by atoms with Gasteiger partial charge in [-0.25, -0.2) is 0 Å². The first-order valence-corrected chi connectivity index (χ1v) is 13.7. The fraction of sp³-hybridized carbons (Fsp3) is 0.385. The summed E-state index contributed by atoms with van der Waals surface area (Å²) in [5, 5.41) is 5.81. The lowest BCUT2D eigenvalue weighted by atomic mass is 9.47. The van der Waals surface area contributed by atoms with Crippen molar-refractivity contribution in [1.82, 2.24) is 5.32 Å². The number of thiophene rings is 1. The van der Waals surface area contributed by atoms with Gasteiger partial charge in [0.15, 0.2) is 0 Å². The Morgan fingerprint density at radius 2 is 1.85 bits per heavy atom. The Bertz CT molecular complexity index is 1300. The van der Waals surface area contributed by atoms with Crippen molar-refractivity contribution in [2.45, 2.75) is 51.0 Å². The van der Waals surface area contributed by atoms with Crippen LogP contribution in [0.4, 0.5) is 0 Å². The molecule has 3 aliphatic rings. The first-order valence-electron chi connectivity index (χ1n) is 11.4. The molecule has 1 heterocycles. The van der Waals surface area contributed by atoms with E-state index in [4.69, 9.17) is 8.98 Å². The Balaban J connectivity index is 0.000000868. The van der Waals surface area contributed by atoms with E-state index in [2.05, 4.69) is 19.2 Å². The van der Waals surface area contributed by atoms with Crippen molar-refractivity contribution in [3.63, 3.8) is 0 Å². The number of amides is 1. The lowest BCUT2D eigenvalue weighted by Gasteiger charge is -2.60. The molecule has 8 heteroatoms. The summed E-state index contributed by atoms with van der Waals surface area (Å²) >= 11 is 1.47. The van der Waals surface area contributed by atoms with Gasteiger partial charge in [0.05, 0.1) is 5.56 Å². The second kappa shape index (κ2) is 9.50. The topological polar surface area (TPSA) is 89.5 Å². The number of hydrogen-bond donors (Lipinski definition) is 1. The van der Waals surface area contributed by atoms with Crippen LogP contribution in [0.25, 0.3) is 10.1 Å². The molecule has 3 saturated carbocycles. The molecular weight excluding hydrogens is 470 g/mol. The van der Waals surface area contributed by atoms with Gasteiger partial charge in [-0.3, -0.25) is 4.79 Å². The number of hydrogen-bond acceptors (Lipinski definition) is 6. The minimum Gasteiger partial charge on any atom is -0.379 e. The van der Waals surface area contributed by atoms with Crippen molar-refractivity contribution in [3.05, 3.63) is 59.5 Å². The summed E-state index contributed by atoms with van der Waals surface area (Å²) in [5.41, 5.74) is 0.863. The van der Waals surface area contributed by atoms with E-state index in [1.165, 1.54) is 36.8 Å². The number of carbonyl (C=O) groups is 2. The van der Waals surface area contributed by atoms with E-state index in [1.807, 2.05) is 5.38 Å². The first-order chi connectivity index (χ1) is 16.2. The molecule has 0 spiro atoms. The van der Waals surface area contributed by atoms with Crippen LogP contribution in [0.3, 0.4) is 0 Å². The van der Waals surface area contributed by atoms with Gasteiger partial charge in [-0.2, -0.15) is 8.42 Å². The maximum absolute atomic E-state index is 13.1. The Morgan fingerprint density at radius 1 is 1.15 bits per heavy atom. The van der Waals surface area contributed by atoms with Gasteiger partial charge in [-0.1, -0.05) is 32.0 Å². The van der Waals surface area contributed by atoms with Gasteiger partial charge >= 0.3 is 10.1 Å². The number of nitrogens with one attached hydrogen (secondary N) is 1. The Kier molecular flexibility index (Phi) is 6.82. The maximum Gasteiger partial charge on any atom is 0.339 e. The van der Waals surface area contributed by atoms with E-state index in [0.29, 0.717) is 22.3 Å². The molecule has 1 amide bonds. The van der Waals surface area contributed by atoms with Crippen LogP contribution < -0.4 is 9.50 Å². The zero-order chi connectivity index (χ0) is 24.5. The number of benzene rings is 2. The number of aldehydes is 1. The van der Waals surface area contributed by atoms with Gasteiger partial charge in [-0.05, 0) is 73.8 Å². The van der Waals surface area contributed by atoms with Crippen molar-refractivity contribution in [1.29, 1.82) is 0 Å². The van der Waals surface area contributed by atoms with Gasteiger partial charge < -0.3 is 14.3 Å². The highest BCUT2D eigenvalue weighted by atomic mass is 32.2. The van der Waals surface area contributed by atoms with Crippen molar-refractivity contribution in [2.75, 3.05) is 0 Å². The SMILES string of the molecule is CC1(C)C2CC[C@H](NC(=O)c3csc4ccc(OS(=O)(=O)c5ccccc5)cc34)C1C2.CC=O. The van der Waals surface area contributed by atoms with Crippen LogP contribution >= 0.6 is 11.3 Å². The summed E-state index contributed by atoms with van der Waals surface area (Å²) in [6.07, 6.45) is 4.13. The molecule has 1 N–H and O–H groups in total. The maximum atomic E-state index is 13.1. The van der Waals surface area contributed by atoms with Crippen LogP contribution in [0.5, 0.6) is 5.75 Å². The van der Waals surface area contributed by atoms with Gasteiger partial charge in [-0.15, -0.1) is 11.3 Å². The van der Waals surface area contributed by atoms with Crippen molar-refractivity contribution in [3.8, 4) is 5.75 Å². The fourth-order valence-corrected chi connectivity index (χ4v) is 7.09. The standard InChI is InChI=1S/C24H25NO4S2.C2H4O/c1-24(2)15-8-10-21(20(24)12-15)25-23(26)19-14-30-22-11-9-16(13-18(19)22)29-31(27,28)17-6-4-3-5-7-17;1-2-3/h3-7,9,11,13-15,20-21H,8,10,12H2,1-2H3,(H,25,26);2H,1H3/t15?,20?,21-;/m0./s1. The Morgan fingerprint density at radius 3 is 2.50 bits per heavy atom. The molecule has 3 atom stereocenters. The molecular formula is C26H29NO5S2. The van der Waals surface area contributed by atoms with Crippen molar-refractivity contribution < 1.29 is 22.2 Å². The van der Waals surface area contributed by atoms with Crippen molar-refractivity contribution in [2.24, 2.45) is 17.3 Å². The summed E-state index contributed by atoms with van der Waals surface area (Å²) in [6.45, 7) is 6.06. The van der Waals surface area contributed by atoms with E-state index in [0.717, 1.165) is 29.7 Å². The monoisotopic (exact) mass is 499 g/mol. The fourth-order valence-electron chi connectivity index (χ4n) is 5.23. The molecule has 3 aliphatic carbocycles. The molecule has 3 aromatic rings. The largest absolute Gasteiger partial charge is 0.379 e. The zero-order valence-corrected chi connectivity index (χ0v) is 21.1. The van der Waals surface area contributed by atoms with Gasteiger partial charge in [0, 0.05) is 21.5 Å². The number of fused-ring (bicyclic) bond motifs is 3. The molecule has 1 aromatic heterocycles. The third-order valence-electron chi connectivity index (χ3n) is 7.20. The number of rotatable bonds is 5. The molecule has 2 bridgehead atoms. The molecule has 6 nitrogen and oxygen atoms in total. The molecule has 34 heavy (non-hydrogen) atoms. The molecule has 2 aromatic carbocycles. The molecule has 3 fully saturated rings. The minimum absolute atomic E-state index is 0.0945. The predicted octanol–water partition coefficient (Wildman–Crippen LogP) is 5.43. The summed E-state index contributed by atoms with van der Waals surface area (Å²) in [7, 11) is -3.93. The summed E-state index contributed by atoms with van der Waals surface area (Å²) in [4.78, 5) is 22.0. The van der Waals surface area contributed by atoms with E-state index in [9.17, 15) is 13.2 Å². The van der Waals surface area contributed by atoms with Crippen LogP contribution in [0.15, 0.2) is 58.8 Å². The van der Waals surface area contributed by atoms with E-state index >= 15 is 0 Å². The second-order valence-electron chi connectivity index (χ2n) is 9.41. The zero-order valence-electron chi connectivity index (χ0n) is 19.5. The second-order valence-corrected chi connectivity index (χ2v) is 11.9. The van der Waals surface area contributed by atoms with Crippen LogP contribution in [0.1, 0.15) is 50.4 Å². The molecule has 2 unspecified atom stereocenters. The minimum atomic E-state index is -3.93. The normalized spacial score (nSPS) is 22.6. The first kappa shape index (κ1) is 24.4. The number of carbonyl (C=O) groups excluding carboxylic acids is 2. The third kappa shape index (κ3) is 4.61. The van der Waals surface area contributed by atoms with Crippen molar-refractivity contribution >= 4 is 43.7 Å². The Hall–Kier alpha value is -2.71. The highest BCUT2D eigenvalue weighted by molar-refractivity contribution is 7.87. The van der Waals surface area contributed by atoms with E-state index < -0.39 is 10.1 Å². The Labute approximate surface area is 204 Å². The third-order valence-corrected chi connectivity index (χ3v) is 9.43. The van der Waals surface area contributed by atoms with E-state index in [1.54, 1.807) is 36.4 Å². The smallest absolute Gasteiger partial charge is 0.339 e. The predicted molar refractivity (Wildman–Crippen MR) is 134 cm³/mol. The van der Waals surface area contributed by atoms with Gasteiger partial charge in [0.2, 0.25) is 0 Å². The lowest BCUT2D eigenvalue weighted by Crippen LogP contribution is -2.59. The average molecular weight is 500 g/mol. The molecule has 0 radical (unpaired) electrons. The van der Waals surface area contributed by atoms with Crippen LogP contribution in [-0.2, 0) is 14.9 Å². The van der Waals surface area contributed by atoms with Gasteiger partial charge in [0.1, 0.15) is 16.9 Å². The highest BCUT2D eigenvalue weighted by Crippen LogP contribution is 2.59.